The van der Waals surface area contributed by atoms with Gasteiger partial charge in [-0.05, 0) is 23.8 Å². The molecule has 0 aliphatic carbocycles. The summed E-state index contributed by atoms with van der Waals surface area (Å²) >= 11 is 0. The van der Waals surface area contributed by atoms with Gasteiger partial charge in [0, 0.05) is 12.4 Å². The Balaban J connectivity index is 2.25. The fourth-order valence-corrected chi connectivity index (χ4v) is 1.50. The number of nitrogens with zero attached hydrogens (tertiary/aromatic N) is 2. The first kappa shape index (κ1) is 12.5. The third-order valence-corrected chi connectivity index (χ3v) is 2.46. The molecule has 0 amide bonds. The number of aromatic nitrogens is 2. The second kappa shape index (κ2) is 4.73. The molecule has 1 aromatic heterocycles. The van der Waals surface area contributed by atoms with Crippen molar-refractivity contribution in [3.8, 4) is 0 Å². The lowest BCUT2D eigenvalue weighted by Crippen LogP contribution is -2.15. The van der Waals surface area contributed by atoms with Crippen molar-refractivity contribution >= 4 is 0 Å². The molecule has 0 bridgehead atoms. The molecular formula is C12H10F3N3. The van der Waals surface area contributed by atoms with E-state index >= 15 is 0 Å². The van der Waals surface area contributed by atoms with Crippen LogP contribution in [-0.4, -0.2) is 9.97 Å². The van der Waals surface area contributed by atoms with E-state index in [2.05, 4.69) is 9.97 Å². The summed E-state index contributed by atoms with van der Waals surface area (Å²) in [5.41, 5.74) is 5.70. The zero-order chi connectivity index (χ0) is 13.2. The standard InChI is InChI=1S/C12H10F3N3/c13-12(14,15)9-4-2-8(3-5-9)10(16)11-17-6-1-7-18-11/h1-7,10H,16H2. The van der Waals surface area contributed by atoms with E-state index in [1.807, 2.05) is 0 Å². The fraction of sp³-hybridized carbons (Fsp3) is 0.167. The first-order valence-corrected chi connectivity index (χ1v) is 5.18. The van der Waals surface area contributed by atoms with E-state index in [4.69, 9.17) is 5.73 Å². The van der Waals surface area contributed by atoms with Crippen LogP contribution in [-0.2, 0) is 6.18 Å². The van der Waals surface area contributed by atoms with Gasteiger partial charge in [-0.1, -0.05) is 12.1 Å². The monoisotopic (exact) mass is 253 g/mol. The first-order valence-electron chi connectivity index (χ1n) is 5.18. The molecule has 1 heterocycles. The lowest BCUT2D eigenvalue weighted by atomic mass is 10.0. The summed E-state index contributed by atoms with van der Waals surface area (Å²) in [5.74, 6) is 0.372. The minimum atomic E-state index is -4.34. The number of alkyl halides is 3. The van der Waals surface area contributed by atoms with E-state index < -0.39 is 17.8 Å². The highest BCUT2D eigenvalue weighted by molar-refractivity contribution is 5.29. The highest BCUT2D eigenvalue weighted by atomic mass is 19.4. The Bertz CT molecular complexity index is 508. The molecule has 18 heavy (non-hydrogen) atoms. The Labute approximate surface area is 101 Å². The number of hydrogen-bond acceptors (Lipinski definition) is 3. The predicted octanol–water partition coefficient (Wildman–Crippen LogP) is 2.54. The minimum absolute atomic E-state index is 0.372. The molecule has 94 valence electrons. The molecule has 2 aromatic rings. The van der Waals surface area contributed by atoms with Crippen LogP contribution < -0.4 is 5.73 Å². The fourth-order valence-electron chi connectivity index (χ4n) is 1.50. The molecule has 0 radical (unpaired) electrons. The Hall–Kier alpha value is -1.95. The number of halogens is 3. The summed E-state index contributed by atoms with van der Waals surface area (Å²) in [4.78, 5) is 7.94. The van der Waals surface area contributed by atoms with Gasteiger partial charge in [-0.25, -0.2) is 9.97 Å². The summed E-state index contributed by atoms with van der Waals surface area (Å²) in [7, 11) is 0. The Morgan fingerprint density at radius 2 is 1.56 bits per heavy atom. The van der Waals surface area contributed by atoms with Crippen LogP contribution in [0, 0.1) is 0 Å². The lowest BCUT2D eigenvalue weighted by Gasteiger charge is -2.12. The number of benzene rings is 1. The summed E-state index contributed by atoms with van der Waals surface area (Å²) in [6.07, 6.45) is -1.27. The summed E-state index contributed by atoms with van der Waals surface area (Å²) in [5, 5.41) is 0. The quantitative estimate of drug-likeness (QED) is 0.894. The van der Waals surface area contributed by atoms with Gasteiger partial charge in [-0.15, -0.1) is 0 Å². The molecule has 6 heteroatoms. The van der Waals surface area contributed by atoms with Gasteiger partial charge >= 0.3 is 6.18 Å². The van der Waals surface area contributed by atoms with Crippen molar-refractivity contribution in [1.29, 1.82) is 0 Å². The summed E-state index contributed by atoms with van der Waals surface area (Å²) in [6, 6.07) is 5.68. The van der Waals surface area contributed by atoms with Crippen LogP contribution in [0.15, 0.2) is 42.7 Å². The van der Waals surface area contributed by atoms with E-state index in [0.29, 0.717) is 11.4 Å². The second-order valence-corrected chi connectivity index (χ2v) is 3.70. The number of nitrogens with two attached hydrogens (primary N) is 1. The Kier molecular flexibility index (Phi) is 3.29. The highest BCUT2D eigenvalue weighted by Crippen LogP contribution is 2.30. The molecule has 3 nitrogen and oxygen atoms in total. The SMILES string of the molecule is NC(c1ccc(C(F)(F)F)cc1)c1ncccn1. The van der Waals surface area contributed by atoms with Gasteiger partial charge in [0.15, 0.2) is 0 Å². The molecule has 1 atom stereocenters. The van der Waals surface area contributed by atoms with Gasteiger partial charge in [0.05, 0.1) is 11.6 Å². The average molecular weight is 253 g/mol. The van der Waals surface area contributed by atoms with Crippen molar-refractivity contribution in [3.63, 3.8) is 0 Å². The van der Waals surface area contributed by atoms with Crippen LogP contribution in [0.1, 0.15) is 23.0 Å². The molecule has 0 spiro atoms. The van der Waals surface area contributed by atoms with Crippen molar-refractivity contribution in [1.82, 2.24) is 9.97 Å². The largest absolute Gasteiger partial charge is 0.416 e. The second-order valence-electron chi connectivity index (χ2n) is 3.70. The van der Waals surface area contributed by atoms with Crippen molar-refractivity contribution < 1.29 is 13.2 Å². The van der Waals surface area contributed by atoms with E-state index in [-0.39, 0.29) is 0 Å². The van der Waals surface area contributed by atoms with Crippen molar-refractivity contribution in [2.75, 3.05) is 0 Å². The summed E-state index contributed by atoms with van der Waals surface area (Å²) < 4.78 is 37.2. The number of hydrogen-bond donors (Lipinski definition) is 1. The van der Waals surface area contributed by atoms with Crippen molar-refractivity contribution in [2.45, 2.75) is 12.2 Å². The van der Waals surface area contributed by atoms with E-state index in [0.717, 1.165) is 12.1 Å². The predicted molar refractivity (Wildman–Crippen MR) is 59.5 cm³/mol. The third kappa shape index (κ3) is 2.65. The zero-order valence-electron chi connectivity index (χ0n) is 9.22. The van der Waals surface area contributed by atoms with Crippen LogP contribution in [0.5, 0.6) is 0 Å². The first-order chi connectivity index (χ1) is 8.48. The van der Waals surface area contributed by atoms with Gasteiger partial charge < -0.3 is 5.73 Å². The van der Waals surface area contributed by atoms with Crippen LogP contribution in [0.3, 0.4) is 0 Å². The molecule has 0 aliphatic heterocycles. The third-order valence-electron chi connectivity index (χ3n) is 2.46. The average Bonchev–Trinajstić information content (AvgIpc) is 2.38. The van der Waals surface area contributed by atoms with Gasteiger partial charge in [-0.3, -0.25) is 0 Å². The molecule has 1 unspecified atom stereocenters. The molecule has 2 rings (SSSR count). The normalized spacial score (nSPS) is 13.3. The smallest absolute Gasteiger partial charge is 0.318 e. The lowest BCUT2D eigenvalue weighted by molar-refractivity contribution is -0.137. The zero-order valence-corrected chi connectivity index (χ0v) is 9.22. The van der Waals surface area contributed by atoms with E-state index in [1.54, 1.807) is 6.07 Å². The van der Waals surface area contributed by atoms with Gasteiger partial charge in [0.2, 0.25) is 0 Å². The maximum absolute atomic E-state index is 12.4. The maximum atomic E-state index is 12.4. The summed E-state index contributed by atoms with van der Waals surface area (Å²) in [6.45, 7) is 0. The number of rotatable bonds is 2. The van der Waals surface area contributed by atoms with Crippen molar-refractivity contribution in [3.05, 3.63) is 59.7 Å². The van der Waals surface area contributed by atoms with Crippen LogP contribution in [0.25, 0.3) is 0 Å². The van der Waals surface area contributed by atoms with Gasteiger partial charge in [-0.2, -0.15) is 13.2 Å². The molecule has 0 saturated heterocycles. The Morgan fingerprint density at radius 1 is 1.00 bits per heavy atom. The molecule has 0 fully saturated rings. The molecular weight excluding hydrogens is 243 g/mol. The van der Waals surface area contributed by atoms with Crippen LogP contribution >= 0.6 is 0 Å². The van der Waals surface area contributed by atoms with Crippen molar-refractivity contribution in [2.24, 2.45) is 5.73 Å². The topological polar surface area (TPSA) is 51.8 Å². The van der Waals surface area contributed by atoms with E-state index in [1.165, 1.54) is 24.5 Å². The minimum Gasteiger partial charge on any atom is -0.318 e. The van der Waals surface area contributed by atoms with Gasteiger partial charge in [0.25, 0.3) is 0 Å². The molecule has 2 N–H and O–H groups in total. The highest BCUT2D eigenvalue weighted by Gasteiger charge is 2.30. The molecule has 0 aliphatic rings. The van der Waals surface area contributed by atoms with Crippen LogP contribution in [0.2, 0.25) is 0 Å². The Morgan fingerprint density at radius 3 is 2.06 bits per heavy atom. The van der Waals surface area contributed by atoms with E-state index in [9.17, 15) is 13.2 Å². The van der Waals surface area contributed by atoms with Crippen LogP contribution in [0.4, 0.5) is 13.2 Å². The van der Waals surface area contributed by atoms with Gasteiger partial charge in [0.1, 0.15) is 5.82 Å². The maximum Gasteiger partial charge on any atom is 0.416 e. The molecule has 1 aromatic carbocycles. The molecule has 0 saturated carbocycles.